The highest BCUT2D eigenvalue weighted by Gasteiger charge is 2.28. The maximum absolute atomic E-state index is 11.6. The molecule has 4 aromatic carbocycles. The van der Waals surface area contributed by atoms with Gasteiger partial charge in [-0.3, -0.25) is 0 Å². The number of hydrogen-bond donors (Lipinski definition) is 2. The van der Waals surface area contributed by atoms with Crippen molar-refractivity contribution >= 4 is 0 Å². The van der Waals surface area contributed by atoms with Gasteiger partial charge in [-0.2, -0.15) is 0 Å². The average molecular weight is 525 g/mol. The molecule has 8 bridgehead atoms. The second-order valence-electron chi connectivity index (χ2n) is 10.3. The first kappa shape index (κ1) is 24.0. The molecule has 0 spiro atoms. The molecule has 3 heterocycles. The Hall–Kier alpha value is -5.10. The number of nitrogens with zero attached hydrogens (tertiary/aromatic N) is 4. The Balaban J connectivity index is 1.56. The largest absolute Gasteiger partial charge is 0.507 e. The van der Waals surface area contributed by atoms with Crippen LogP contribution in [0.2, 0.25) is 0 Å². The summed E-state index contributed by atoms with van der Waals surface area (Å²) in [5.41, 5.74) is 6.05. The molecule has 2 atom stereocenters. The van der Waals surface area contributed by atoms with Crippen molar-refractivity contribution in [3.05, 3.63) is 132 Å². The average Bonchev–Trinajstić information content (AvgIpc) is 3.63. The lowest BCUT2D eigenvalue weighted by molar-refractivity contribution is 0.458. The molecule has 6 nitrogen and oxygen atoms in total. The normalized spacial score (nSPS) is 15.9. The maximum Gasteiger partial charge on any atom is 0.127 e. The highest BCUT2D eigenvalue weighted by atomic mass is 16.3. The van der Waals surface area contributed by atoms with Gasteiger partial charge in [0.1, 0.15) is 34.5 Å². The molecule has 1 aliphatic heterocycles. The van der Waals surface area contributed by atoms with Gasteiger partial charge < -0.3 is 19.3 Å². The summed E-state index contributed by atoms with van der Waals surface area (Å²) in [6.45, 7) is 4.09. The molecule has 6 aromatic rings. The van der Waals surface area contributed by atoms with E-state index in [0.717, 1.165) is 45.5 Å². The Morgan fingerprint density at radius 1 is 0.525 bits per heavy atom. The zero-order chi connectivity index (χ0) is 27.4. The van der Waals surface area contributed by atoms with Crippen molar-refractivity contribution in [3.8, 4) is 45.4 Å². The summed E-state index contributed by atoms with van der Waals surface area (Å²) in [4.78, 5) is 10.3. The Morgan fingerprint density at radius 2 is 0.925 bits per heavy atom. The molecule has 6 heteroatoms. The lowest BCUT2D eigenvalue weighted by Gasteiger charge is -2.20. The van der Waals surface area contributed by atoms with Gasteiger partial charge in [-0.15, -0.1) is 0 Å². The predicted molar refractivity (Wildman–Crippen MR) is 156 cm³/mol. The van der Waals surface area contributed by atoms with Gasteiger partial charge in [-0.05, 0) is 24.3 Å². The van der Waals surface area contributed by atoms with E-state index in [1.54, 1.807) is 0 Å². The Labute approximate surface area is 232 Å². The van der Waals surface area contributed by atoms with Crippen LogP contribution < -0.4 is 0 Å². The van der Waals surface area contributed by atoms with Crippen molar-refractivity contribution in [2.75, 3.05) is 0 Å². The van der Waals surface area contributed by atoms with E-state index in [1.807, 2.05) is 123 Å². The molecule has 0 aliphatic carbocycles. The number of hydrogen-bond acceptors (Lipinski definition) is 4. The summed E-state index contributed by atoms with van der Waals surface area (Å²) >= 11 is 0. The highest BCUT2D eigenvalue weighted by Crippen LogP contribution is 2.45. The summed E-state index contributed by atoms with van der Waals surface area (Å²) in [7, 11) is 0. The summed E-state index contributed by atoms with van der Waals surface area (Å²) in [5.74, 6) is 1.34. The quantitative estimate of drug-likeness (QED) is 0.247. The molecule has 0 amide bonds. The van der Waals surface area contributed by atoms with Gasteiger partial charge in [-0.1, -0.05) is 86.6 Å². The van der Waals surface area contributed by atoms with Crippen LogP contribution in [0.25, 0.3) is 33.9 Å². The van der Waals surface area contributed by atoms with Crippen molar-refractivity contribution in [1.29, 1.82) is 0 Å². The number of aromatic nitrogens is 4. The number of fused-ring (bicyclic) bond motifs is 10. The van der Waals surface area contributed by atoms with E-state index in [4.69, 9.17) is 9.97 Å². The standard InChI is InChI=1S/C34H28N4O2/c1-21-25-15-9-17-27(31(25)39)28-18-10-16-26(32(28)40)22(2)34-36-30(20-38(34)24-13-7-4-8-14-24)29-19-37(33(21)35-29)23-11-5-3-6-12-23/h3-22,39-40H,1-2H3. The molecule has 1 aliphatic rings. The van der Waals surface area contributed by atoms with Crippen LogP contribution in [-0.2, 0) is 0 Å². The third-order valence-corrected chi connectivity index (χ3v) is 7.93. The minimum absolute atomic E-state index is 0.141. The molecule has 2 N–H and O–H groups in total. The first-order valence-electron chi connectivity index (χ1n) is 13.4. The molecule has 0 saturated carbocycles. The summed E-state index contributed by atoms with van der Waals surface area (Å²) in [6.07, 6.45) is 4.04. The van der Waals surface area contributed by atoms with Crippen LogP contribution in [0.5, 0.6) is 11.5 Å². The van der Waals surface area contributed by atoms with Gasteiger partial charge in [0.15, 0.2) is 0 Å². The fourth-order valence-corrected chi connectivity index (χ4v) is 5.77. The maximum atomic E-state index is 11.6. The Bertz CT molecular complexity index is 1720. The number of imidazole rings is 2. The van der Waals surface area contributed by atoms with E-state index in [1.165, 1.54) is 0 Å². The van der Waals surface area contributed by atoms with Gasteiger partial charge in [0.05, 0.1) is 0 Å². The van der Waals surface area contributed by atoms with Crippen LogP contribution in [-0.4, -0.2) is 29.3 Å². The first-order valence-corrected chi connectivity index (χ1v) is 13.4. The van der Waals surface area contributed by atoms with Crippen LogP contribution in [0.15, 0.2) is 109 Å². The number of phenolic OH excluding ortho intramolecular Hbond substituents is 2. The zero-order valence-corrected chi connectivity index (χ0v) is 22.2. The summed E-state index contributed by atoms with van der Waals surface area (Å²) < 4.78 is 4.15. The molecule has 0 fully saturated rings. The van der Waals surface area contributed by atoms with Gasteiger partial charge in [0.2, 0.25) is 0 Å². The smallest absolute Gasteiger partial charge is 0.127 e. The Kier molecular flexibility index (Phi) is 5.56. The lowest BCUT2D eigenvalue weighted by atomic mass is 9.90. The van der Waals surface area contributed by atoms with Crippen LogP contribution in [0.1, 0.15) is 48.5 Å². The van der Waals surface area contributed by atoms with E-state index >= 15 is 0 Å². The molecule has 2 unspecified atom stereocenters. The molecule has 7 rings (SSSR count). The molecule has 40 heavy (non-hydrogen) atoms. The van der Waals surface area contributed by atoms with Crippen molar-refractivity contribution in [2.24, 2.45) is 0 Å². The summed E-state index contributed by atoms with van der Waals surface area (Å²) in [6, 6.07) is 31.6. The highest BCUT2D eigenvalue weighted by molar-refractivity contribution is 5.78. The van der Waals surface area contributed by atoms with Gasteiger partial charge in [0, 0.05) is 57.9 Å². The van der Waals surface area contributed by atoms with Gasteiger partial charge in [0.25, 0.3) is 0 Å². The number of aromatic hydroxyl groups is 2. The molecule has 0 saturated heterocycles. The predicted octanol–water partition coefficient (Wildman–Crippen LogP) is 7.42. The van der Waals surface area contributed by atoms with Crippen LogP contribution in [0.4, 0.5) is 0 Å². The van der Waals surface area contributed by atoms with Crippen molar-refractivity contribution in [2.45, 2.75) is 25.7 Å². The van der Waals surface area contributed by atoms with E-state index in [9.17, 15) is 10.2 Å². The van der Waals surface area contributed by atoms with Gasteiger partial charge >= 0.3 is 0 Å². The fourth-order valence-electron chi connectivity index (χ4n) is 5.77. The summed E-state index contributed by atoms with van der Waals surface area (Å²) in [5, 5.41) is 23.2. The van der Waals surface area contributed by atoms with Crippen molar-refractivity contribution in [3.63, 3.8) is 0 Å². The van der Waals surface area contributed by atoms with Crippen LogP contribution in [0.3, 0.4) is 0 Å². The second kappa shape index (κ2) is 9.27. The van der Waals surface area contributed by atoms with Crippen molar-refractivity contribution in [1.82, 2.24) is 19.1 Å². The number of rotatable bonds is 2. The van der Waals surface area contributed by atoms with Crippen LogP contribution in [0, 0.1) is 0 Å². The monoisotopic (exact) mass is 524 g/mol. The van der Waals surface area contributed by atoms with E-state index in [-0.39, 0.29) is 23.3 Å². The number of benzene rings is 4. The van der Waals surface area contributed by atoms with E-state index in [0.29, 0.717) is 11.1 Å². The molecular weight excluding hydrogens is 496 g/mol. The third kappa shape index (κ3) is 3.72. The van der Waals surface area contributed by atoms with E-state index < -0.39 is 0 Å². The van der Waals surface area contributed by atoms with Crippen LogP contribution >= 0.6 is 0 Å². The lowest BCUT2D eigenvalue weighted by Crippen LogP contribution is -2.07. The SMILES string of the molecule is CC1c2cccc(c2O)-c2cccc(c2O)C(C)c2nc(cn2-c2ccccc2)-c2cn(-c3ccccc3)c1n2. The Morgan fingerprint density at radius 3 is 1.32 bits per heavy atom. The molecule has 0 radical (unpaired) electrons. The number of para-hydroxylation sites is 4. The third-order valence-electron chi connectivity index (χ3n) is 7.93. The number of phenols is 2. The van der Waals surface area contributed by atoms with E-state index in [2.05, 4.69) is 9.13 Å². The van der Waals surface area contributed by atoms with Crippen molar-refractivity contribution < 1.29 is 10.2 Å². The molecule has 196 valence electrons. The molecular formula is C34H28N4O2. The minimum Gasteiger partial charge on any atom is -0.507 e. The first-order chi connectivity index (χ1) is 19.5. The van der Waals surface area contributed by atoms with Gasteiger partial charge in [-0.25, -0.2) is 9.97 Å². The molecule has 2 aromatic heterocycles. The zero-order valence-electron chi connectivity index (χ0n) is 22.2. The minimum atomic E-state index is -0.253. The fraction of sp³-hybridized carbons (Fsp3) is 0.118. The topological polar surface area (TPSA) is 76.1 Å². The second-order valence-corrected chi connectivity index (χ2v) is 10.3.